The van der Waals surface area contributed by atoms with Gasteiger partial charge in [0.05, 0.1) is 17.2 Å². The molecule has 42 heavy (non-hydrogen) atoms. The van der Waals surface area contributed by atoms with Gasteiger partial charge in [0.25, 0.3) is 10.0 Å². The molecular formula is C31H38FN3O5S2. The number of carbonyl (C=O) groups excluding carboxylic acids is 2. The molecule has 0 aliphatic rings. The van der Waals surface area contributed by atoms with Crippen molar-refractivity contribution in [1.29, 1.82) is 0 Å². The average Bonchev–Trinajstić information content (AvgIpc) is 3.00. The number of para-hydroxylation sites is 2. The van der Waals surface area contributed by atoms with Crippen molar-refractivity contribution in [2.24, 2.45) is 0 Å². The number of nitrogens with one attached hydrogen (secondary N) is 1. The molecule has 8 nitrogen and oxygen atoms in total. The SMILES string of the molecule is CCCNC(=O)[C@@H](CC)N(Cc1ccc(F)cc1)C(=O)CN(c1ccccc1OCC)S(=O)(=O)c1ccc(SC)cc1. The third-order valence-electron chi connectivity index (χ3n) is 6.56. The normalized spacial score (nSPS) is 11.9. The molecule has 0 spiro atoms. The van der Waals surface area contributed by atoms with Crippen LogP contribution in [-0.4, -0.2) is 57.1 Å². The van der Waals surface area contributed by atoms with E-state index in [2.05, 4.69) is 5.32 Å². The van der Waals surface area contributed by atoms with E-state index in [0.717, 1.165) is 9.20 Å². The van der Waals surface area contributed by atoms with Crippen LogP contribution in [0.3, 0.4) is 0 Å². The predicted octanol–water partition coefficient (Wildman–Crippen LogP) is 5.48. The summed E-state index contributed by atoms with van der Waals surface area (Å²) in [5.41, 5.74) is 0.801. The van der Waals surface area contributed by atoms with Gasteiger partial charge in [-0.15, -0.1) is 11.8 Å². The fraction of sp³-hybridized carbons (Fsp3) is 0.355. The number of nitrogens with zero attached hydrogens (tertiary/aromatic N) is 2. The van der Waals surface area contributed by atoms with Gasteiger partial charge < -0.3 is 15.0 Å². The first-order chi connectivity index (χ1) is 20.2. The highest BCUT2D eigenvalue weighted by atomic mass is 32.2. The van der Waals surface area contributed by atoms with Crippen molar-refractivity contribution >= 4 is 39.3 Å². The van der Waals surface area contributed by atoms with E-state index in [1.54, 1.807) is 62.4 Å². The van der Waals surface area contributed by atoms with Gasteiger partial charge in [-0.2, -0.15) is 0 Å². The second-order valence-corrected chi connectivity index (χ2v) is 12.2. The number of rotatable bonds is 15. The van der Waals surface area contributed by atoms with Gasteiger partial charge >= 0.3 is 0 Å². The first kappa shape index (κ1) is 32.9. The van der Waals surface area contributed by atoms with Gasteiger partial charge in [-0.25, -0.2) is 12.8 Å². The first-order valence-electron chi connectivity index (χ1n) is 13.9. The number of hydrogen-bond acceptors (Lipinski definition) is 6. The maximum atomic E-state index is 14.1. The van der Waals surface area contributed by atoms with Gasteiger partial charge in [0.15, 0.2) is 0 Å². The van der Waals surface area contributed by atoms with Crippen LogP contribution in [0.2, 0.25) is 0 Å². The minimum Gasteiger partial charge on any atom is -0.492 e. The summed E-state index contributed by atoms with van der Waals surface area (Å²) < 4.78 is 48.7. The monoisotopic (exact) mass is 615 g/mol. The molecule has 1 N–H and O–H groups in total. The number of carbonyl (C=O) groups is 2. The molecule has 0 aromatic heterocycles. The van der Waals surface area contributed by atoms with Crippen LogP contribution in [-0.2, 0) is 26.2 Å². The standard InChI is InChI=1S/C31H38FN3O5S2/c1-5-20-33-31(37)27(6-2)34(21-23-12-14-24(32)15-13-23)30(36)22-35(28-10-8-9-11-29(28)40-7-3)42(38,39)26-18-16-25(41-4)17-19-26/h8-19,27H,5-7,20-22H2,1-4H3,(H,33,37)/t27-/m1/s1. The van der Waals surface area contributed by atoms with E-state index in [4.69, 9.17) is 4.74 Å². The molecule has 0 bridgehead atoms. The summed E-state index contributed by atoms with van der Waals surface area (Å²) in [6.45, 7) is 5.61. The topological polar surface area (TPSA) is 96.0 Å². The number of hydrogen-bond donors (Lipinski definition) is 1. The Bertz CT molecular complexity index is 1430. The molecule has 226 valence electrons. The molecule has 1 atom stereocenters. The van der Waals surface area contributed by atoms with E-state index >= 15 is 0 Å². The van der Waals surface area contributed by atoms with E-state index in [0.29, 0.717) is 30.7 Å². The van der Waals surface area contributed by atoms with E-state index in [1.165, 1.54) is 40.9 Å². The van der Waals surface area contributed by atoms with Crippen LogP contribution < -0.4 is 14.4 Å². The molecule has 0 aliphatic carbocycles. The Morgan fingerprint density at radius 2 is 1.64 bits per heavy atom. The molecule has 0 saturated heterocycles. The lowest BCUT2D eigenvalue weighted by molar-refractivity contribution is -0.140. The number of ether oxygens (including phenoxy) is 1. The van der Waals surface area contributed by atoms with Gasteiger partial charge in [-0.1, -0.05) is 38.1 Å². The quantitative estimate of drug-likeness (QED) is 0.228. The zero-order valence-corrected chi connectivity index (χ0v) is 26.0. The fourth-order valence-electron chi connectivity index (χ4n) is 4.40. The molecule has 3 aromatic rings. The third-order valence-corrected chi connectivity index (χ3v) is 9.08. The second-order valence-electron chi connectivity index (χ2n) is 9.45. The van der Waals surface area contributed by atoms with E-state index in [9.17, 15) is 22.4 Å². The molecular weight excluding hydrogens is 577 g/mol. The highest BCUT2D eigenvalue weighted by molar-refractivity contribution is 7.98. The van der Waals surface area contributed by atoms with Crippen LogP contribution in [0, 0.1) is 5.82 Å². The number of anilines is 1. The Kier molecular flexibility index (Phi) is 12.2. The van der Waals surface area contributed by atoms with Crippen molar-refractivity contribution < 1.29 is 27.1 Å². The number of halogens is 1. The van der Waals surface area contributed by atoms with Crippen LogP contribution >= 0.6 is 11.8 Å². The third kappa shape index (κ3) is 8.25. The number of thioether (sulfide) groups is 1. The van der Waals surface area contributed by atoms with Crippen LogP contribution in [0.1, 0.15) is 39.2 Å². The minimum absolute atomic E-state index is 0.0113. The number of sulfonamides is 1. The van der Waals surface area contributed by atoms with Crippen molar-refractivity contribution in [3.8, 4) is 5.75 Å². The summed E-state index contributed by atoms with van der Waals surface area (Å²) in [5, 5.41) is 2.84. The van der Waals surface area contributed by atoms with Crippen LogP contribution in [0.15, 0.2) is 82.6 Å². The maximum Gasteiger partial charge on any atom is 0.264 e. The van der Waals surface area contributed by atoms with E-state index in [1.807, 2.05) is 13.2 Å². The molecule has 0 heterocycles. The van der Waals surface area contributed by atoms with Crippen molar-refractivity contribution in [2.45, 2.75) is 56.0 Å². The molecule has 0 aliphatic heterocycles. The Morgan fingerprint density at radius 1 is 0.976 bits per heavy atom. The highest BCUT2D eigenvalue weighted by Gasteiger charge is 2.34. The highest BCUT2D eigenvalue weighted by Crippen LogP contribution is 2.33. The zero-order valence-electron chi connectivity index (χ0n) is 24.4. The molecule has 0 saturated carbocycles. The molecule has 0 unspecified atom stereocenters. The summed E-state index contributed by atoms with van der Waals surface area (Å²) in [6, 6.07) is 17.8. The van der Waals surface area contributed by atoms with Gasteiger partial charge in [0.1, 0.15) is 24.2 Å². The van der Waals surface area contributed by atoms with Gasteiger partial charge in [-0.3, -0.25) is 13.9 Å². The predicted molar refractivity (Wildman–Crippen MR) is 165 cm³/mol. The van der Waals surface area contributed by atoms with Gasteiger partial charge in [0.2, 0.25) is 11.8 Å². The average molecular weight is 616 g/mol. The molecule has 0 radical (unpaired) electrons. The van der Waals surface area contributed by atoms with Gasteiger partial charge in [-0.05, 0) is 80.1 Å². The summed E-state index contributed by atoms with van der Waals surface area (Å²) in [7, 11) is -4.25. The summed E-state index contributed by atoms with van der Waals surface area (Å²) >= 11 is 1.48. The van der Waals surface area contributed by atoms with E-state index in [-0.39, 0.29) is 29.6 Å². The minimum atomic E-state index is -4.25. The fourth-order valence-corrected chi connectivity index (χ4v) is 6.23. The Labute approximate surface area is 252 Å². The number of amides is 2. The Hall–Kier alpha value is -3.57. The van der Waals surface area contributed by atoms with Crippen molar-refractivity contribution in [3.05, 3.63) is 84.2 Å². The lowest BCUT2D eigenvalue weighted by Crippen LogP contribution is -2.52. The summed E-state index contributed by atoms with van der Waals surface area (Å²) in [4.78, 5) is 29.6. The van der Waals surface area contributed by atoms with Crippen LogP contribution in [0.5, 0.6) is 5.75 Å². The first-order valence-corrected chi connectivity index (χ1v) is 16.5. The Morgan fingerprint density at radius 3 is 2.24 bits per heavy atom. The molecule has 3 aromatic carbocycles. The molecule has 3 rings (SSSR count). The van der Waals surface area contributed by atoms with E-state index < -0.39 is 34.3 Å². The van der Waals surface area contributed by atoms with Crippen LogP contribution in [0.4, 0.5) is 10.1 Å². The number of benzene rings is 3. The van der Waals surface area contributed by atoms with Crippen molar-refractivity contribution in [3.63, 3.8) is 0 Å². The lowest BCUT2D eigenvalue weighted by atomic mass is 10.1. The van der Waals surface area contributed by atoms with Crippen molar-refractivity contribution in [2.75, 3.05) is 30.3 Å². The van der Waals surface area contributed by atoms with Crippen LogP contribution in [0.25, 0.3) is 0 Å². The second kappa shape index (κ2) is 15.6. The smallest absolute Gasteiger partial charge is 0.264 e. The molecule has 11 heteroatoms. The van der Waals surface area contributed by atoms with Crippen molar-refractivity contribution in [1.82, 2.24) is 10.2 Å². The lowest BCUT2D eigenvalue weighted by Gasteiger charge is -2.33. The zero-order chi connectivity index (χ0) is 30.7. The summed E-state index contributed by atoms with van der Waals surface area (Å²) in [6.07, 6.45) is 2.90. The summed E-state index contributed by atoms with van der Waals surface area (Å²) in [5.74, 6) is -1.06. The largest absolute Gasteiger partial charge is 0.492 e. The Balaban J connectivity index is 2.10. The molecule has 2 amide bonds. The molecule has 0 fully saturated rings. The maximum absolute atomic E-state index is 14.1. The van der Waals surface area contributed by atoms with Gasteiger partial charge in [0, 0.05) is 18.0 Å².